The van der Waals surface area contributed by atoms with Crippen LogP contribution in [0.3, 0.4) is 0 Å². The SMILES string of the molecule is CCCNC(=O)c1ccccc1C.O=CO. The van der Waals surface area contributed by atoms with E-state index in [0.29, 0.717) is 0 Å². The van der Waals surface area contributed by atoms with Gasteiger partial charge in [0.25, 0.3) is 12.4 Å². The molecule has 0 unspecified atom stereocenters. The summed E-state index contributed by atoms with van der Waals surface area (Å²) in [6.07, 6.45) is 0.970. The Balaban J connectivity index is 0.000000673. The van der Waals surface area contributed by atoms with Crippen LogP contribution in [0.5, 0.6) is 0 Å². The zero-order valence-corrected chi connectivity index (χ0v) is 9.56. The number of hydrogen-bond acceptors (Lipinski definition) is 2. The molecule has 0 aliphatic rings. The molecule has 1 aromatic carbocycles. The van der Waals surface area contributed by atoms with Gasteiger partial charge in [-0.2, -0.15) is 0 Å². The second kappa shape index (κ2) is 8.47. The zero-order valence-electron chi connectivity index (χ0n) is 9.56. The third-order valence-electron chi connectivity index (χ3n) is 1.93. The molecular weight excluding hydrogens is 206 g/mol. The van der Waals surface area contributed by atoms with E-state index in [9.17, 15) is 4.79 Å². The maximum Gasteiger partial charge on any atom is 0.290 e. The van der Waals surface area contributed by atoms with Crippen molar-refractivity contribution in [2.75, 3.05) is 6.54 Å². The smallest absolute Gasteiger partial charge is 0.290 e. The van der Waals surface area contributed by atoms with Crippen molar-refractivity contribution in [2.24, 2.45) is 0 Å². The minimum atomic E-state index is -0.250. The lowest BCUT2D eigenvalue weighted by Gasteiger charge is -2.05. The van der Waals surface area contributed by atoms with Crippen LogP contribution in [0.15, 0.2) is 24.3 Å². The Labute approximate surface area is 95.3 Å². The van der Waals surface area contributed by atoms with Gasteiger partial charge in [-0.25, -0.2) is 0 Å². The van der Waals surface area contributed by atoms with Gasteiger partial charge in [-0.3, -0.25) is 9.59 Å². The first-order valence-corrected chi connectivity index (χ1v) is 5.09. The molecule has 0 spiro atoms. The van der Waals surface area contributed by atoms with E-state index in [2.05, 4.69) is 5.32 Å². The van der Waals surface area contributed by atoms with Gasteiger partial charge in [0.05, 0.1) is 0 Å². The summed E-state index contributed by atoms with van der Waals surface area (Å²) < 4.78 is 0. The monoisotopic (exact) mass is 223 g/mol. The van der Waals surface area contributed by atoms with E-state index in [4.69, 9.17) is 9.90 Å². The highest BCUT2D eigenvalue weighted by Gasteiger charge is 2.05. The van der Waals surface area contributed by atoms with Crippen LogP contribution >= 0.6 is 0 Å². The summed E-state index contributed by atoms with van der Waals surface area (Å²) in [5.74, 6) is 0.0277. The molecule has 1 amide bonds. The van der Waals surface area contributed by atoms with Crippen LogP contribution in [-0.2, 0) is 4.79 Å². The highest BCUT2D eigenvalue weighted by Crippen LogP contribution is 2.05. The predicted molar refractivity (Wildman–Crippen MR) is 62.5 cm³/mol. The fourth-order valence-electron chi connectivity index (χ4n) is 1.16. The van der Waals surface area contributed by atoms with E-state index < -0.39 is 0 Å². The van der Waals surface area contributed by atoms with Crippen molar-refractivity contribution in [2.45, 2.75) is 20.3 Å². The van der Waals surface area contributed by atoms with Gasteiger partial charge in [0, 0.05) is 12.1 Å². The maximum atomic E-state index is 11.5. The fourth-order valence-corrected chi connectivity index (χ4v) is 1.16. The Kier molecular flexibility index (Phi) is 7.49. The van der Waals surface area contributed by atoms with Gasteiger partial charge in [0.1, 0.15) is 0 Å². The molecule has 0 radical (unpaired) electrons. The Bertz CT molecular complexity index is 337. The lowest BCUT2D eigenvalue weighted by Crippen LogP contribution is -2.24. The summed E-state index contributed by atoms with van der Waals surface area (Å²) in [5, 5.41) is 9.74. The third kappa shape index (κ3) is 5.14. The lowest BCUT2D eigenvalue weighted by molar-refractivity contribution is -0.122. The number of nitrogens with one attached hydrogen (secondary N) is 1. The van der Waals surface area contributed by atoms with Crippen LogP contribution in [0.25, 0.3) is 0 Å². The number of rotatable bonds is 3. The van der Waals surface area contributed by atoms with Crippen LogP contribution < -0.4 is 5.32 Å². The Morgan fingerprint density at radius 1 is 1.44 bits per heavy atom. The molecule has 0 aromatic heterocycles. The molecule has 2 N–H and O–H groups in total. The van der Waals surface area contributed by atoms with Crippen molar-refractivity contribution in [1.82, 2.24) is 5.32 Å². The molecule has 0 saturated heterocycles. The Hall–Kier alpha value is -1.84. The summed E-state index contributed by atoms with van der Waals surface area (Å²) >= 11 is 0. The molecule has 0 aliphatic heterocycles. The molecule has 16 heavy (non-hydrogen) atoms. The van der Waals surface area contributed by atoms with Crippen LogP contribution in [0.4, 0.5) is 0 Å². The van der Waals surface area contributed by atoms with E-state index in [-0.39, 0.29) is 12.4 Å². The average Bonchev–Trinajstić information content (AvgIpc) is 2.27. The normalized spacial score (nSPS) is 8.62. The Morgan fingerprint density at radius 2 is 2.00 bits per heavy atom. The number of carbonyl (C=O) groups excluding carboxylic acids is 1. The lowest BCUT2D eigenvalue weighted by atomic mass is 10.1. The molecule has 4 heteroatoms. The van der Waals surface area contributed by atoms with Gasteiger partial charge >= 0.3 is 0 Å². The van der Waals surface area contributed by atoms with Gasteiger partial charge in [-0.05, 0) is 25.0 Å². The largest absolute Gasteiger partial charge is 0.483 e. The van der Waals surface area contributed by atoms with Crippen LogP contribution in [-0.4, -0.2) is 24.0 Å². The fraction of sp³-hybridized carbons (Fsp3) is 0.333. The highest BCUT2D eigenvalue weighted by molar-refractivity contribution is 5.95. The molecule has 88 valence electrons. The molecule has 0 saturated carbocycles. The Morgan fingerprint density at radius 3 is 2.50 bits per heavy atom. The van der Waals surface area contributed by atoms with Gasteiger partial charge in [0.2, 0.25) is 0 Å². The number of aryl methyl sites for hydroxylation is 1. The first kappa shape index (κ1) is 14.2. The van der Waals surface area contributed by atoms with E-state index >= 15 is 0 Å². The van der Waals surface area contributed by atoms with Gasteiger partial charge in [0.15, 0.2) is 0 Å². The maximum absolute atomic E-state index is 11.5. The molecule has 0 fully saturated rings. The van der Waals surface area contributed by atoms with E-state index in [1.165, 1.54) is 0 Å². The van der Waals surface area contributed by atoms with Crippen molar-refractivity contribution in [1.29, 1.82) is 0 Å². The number of amides is 1. The average molecular weight is 223 g/mol. The number of benzene rings is 1. The molecule has 1 rings (SSSR count). The molecule has 0 atom stereocenters. The third-order valence-corrected chi connectivity index (χ3v) is 1.93. The summed E-state index contributed by atoms with van der Waals surface area (Å²) in [5.41, 5.74) is 1.80. The standard InChI is InChI=1S/C11H15NO.CH2O2/c1-3-8-12-11(13)10-7-5-4-6-9(10)2;2-1-3/h4-7H,3,8H2,1-2H3,(H,12,13);1H,(H,2,3). The minimum absolute atomic E-state index is 0.0277. The van der Waals surface area contributed by atoms with Gasteiger partial charge in [-0.15, -0.1) is 0 Å². The number of hydrogen-bond donors (Lipinski definition) is 2. The van der Waals surface area contributed by atoms with Crippen LogP contribution in [0.2, 0.25) is 0 Å². The van der Waals surface area contributed by atoms with E-state index in [1.807, 2.05) is 38.1 Å². The first-order valence-electron chi connectivity index (χ1n) is 5.09. The van der Waals surface area contributed by atoms with Crippen molar-refractivity contribution in [3.63, 3.8) is 0 Å². The summed E-state index contributed by atoms with van der Waals surface area (Å²) in [6.45, 7) is 4.48. The molecule has 4 nitrogen and oxygen atoms in total. The van der Waals surface area contributed by atoms with Crippen LogP contribution in [0, 0.1) is 6.92 Å². The zero-order chi connectivity index (χ0) is 12.4. The first-order chi connectivity index (χ1) is 7.67. The van der Waals surface area contributed by atoms with Crippen molar-refractivity contribution >= 4 is 12.4 Å². The van der Waals surface area contributed by atoms with Crippen molar-refractivity contribution < 1.29 is 14.7 Å². The van der Waals surface area contributed by atoms with Crippen molar-refractivity contribution in [3.05, 3.63) is 35.4 Å². The quantitative estimate of drug-likeness (QED) is 0.768. The molecule has 0 aliphatic carbocycles. The predicted octanol–water partition coefficient (Wildman–Crippen LogP) is 1.84. The van der Waals surface area contributed by atoms with E-state index in [0.717, 1.165) is 24.1 Å². The van der Waals surface area contributed by atoms with E-state index in [1.54, 1.807) is 0 Å². The second-order valence-electron chi connectivity index (χ2n) is 3.18. The topological polar surface area (TPSA) is 66.4 Å². The minimum Gasteiger partial charge on any atom is -0.483 e. The number of carbonyl (C=O) groups is 2. The van der Waals surface area contributed by atoms with Crippen molar-refractivity contribution in [3.8, 4) is 0 Å². The van der Waals surface area contributed by atoms with Gasteiger partial charge < -0.3 is 10.4 Å². The molecular formula is C12H17NO3. The summed E-state index contributed by atoms with van der Waals surface area (Å²) in [6, 6.07) is 7.61. The highest BCUT2D eigenvalue weighted by atomic mass is 16.3. The number of carboxylic acid groups (broad SMARTS) is 1. The second-order valence-corrected chi connectivity index (χ2v) is 3.18. The van der Waals surface area contributed by atoms with Gasteiger partial charge in [-0.1, -0.05) is 25.1 Å². The molecule has 0 bridgehead atoms. The molecule has 1 aromatic rings. The summed E-state index contributed by atoms with van der Waals surface area (Å²) in [4.78, 5) is 19.9. The molecule has 0 heterocycles. The summed E-state index contributed by atoms with van der Waals surface area (Å²) in [7, 11) is 0. The van der Waals surface area contributed by atoms with Crippen LogP contribution in [0.1, 0.15) is 29.3 Å².